The van der Waals surface area contributed by atoms with Crippen molar-refractivity contribution in [2.75, 3.05) is 50.3 Å². The van der Waals surface area contributed by atoms with Crippen LogP contribution in [0.5, 0.6) is 11.5 Å². The summed E-state index contributed by atoms with van der Waals surface area (Å²) < 4.78 is 22.0. The first kappa shape index (κ1) is 26.7. The highest BCUT2D eigenvalue weighted by molar-refractivity contribution is 6.07. The Morgan fingerprint density at radius 1 is 0.583 bits per heavy atom. The SMILES string of the molecule is CCOCCOc1ccccc1C(=O)Nc1ccc(NC(=O)c2ccccc2OCCOCC)cc1. The number of benzene rings is 3. The van der Waals surface area contributed by atoms with Crippen molar-refractivity contribution in [3.05, 3.63) is 83.9 Å². The van der Waals surface area contributed by atoms with Gasteiger partial charge in [-0.15, -0.1) is 0 Å². The molecule has 0 unspecified atom stereocenters. The molecule has 3 rings (SSSR count). The van der Waals surface area contributed by atoms with Crippen LogP contribution in [0.1, 0.15) is 34.6 Å². The van der Waals surface area contributed by atoms with Crippen LogP contribution in [-0.2, 0) is 9.47 Å². The molecular weight excluding hydrogens is 460 g/mol. The van der Waals surface area contributed by atoms with E-state index in [4.69, 9.17) is 18.9 Å². The third-order valence-electron chi connectivity index (χ3n) is 5.04. The van der Waals surface area contributed by atoms with Gasteiger partial charge in [0.1, 0.15) is 24.7 Å². The molecule has 8 heteroatoms. The Labute approximate surface area is 211 Å². The molecule has 0 atom stereocenters. The predicted molar refractivity (Wildman–Crippen MR) is 139 cm³/mol. The molecule has 36 heavy (non-hydrogen) atoms. The van der Waals surface area contributed by atoms with Crippen LogP contribution >= 0.6 is 0 Å². The van der Waals surface area contributed by atoms with Crippen molar-refractivity contribution in [2.45, 2.75) is 13.8 Å². The van der Waals surface area contributed by atoms with Crippen LogP contribution in [0, 0.1) is 0 Å². The van der Waals surface area contributed by atoms with Crippen LogP contribution in [-0.4, -0.2) is 51.5 Å². The van der Waals surface area contributed by atoms with Crippen molar-refractivity contribution in [1.29, 1.82) is 0 Å². The van der Waals surface area contributed by atoms with Crippen molar-refractivity contribution in [2.24, 2.45) is 0 Å². The molecule has 0 aliphatic heterocycles. The minimum atomic E-state index is -0.295. The van der Waals surface area contributed by atoms with Crippen LogP contribution in [0.3, 0.4) is 0 Å². The van der Waals surface area contributed by atoms with Crippen LogP contribution in [0.2, 0.25) is 0 Å². The Balaban J connectivity index is 1.59. The zero-order valence-corrected chi connectivity index (χ0v) is 20.6. The molecule has 2 amide bonds. The van der Waals surface area contributed by atoms with Gasteiger partial charge in [0, 0.05) is 24.6 Å². The third kappa shape index (κ3) is 8.11. The molecule has 2 N–H and O–H groups in total. The first-order valence-electron chi connectivity index (χ1n) is 11.9. The molecule has 3 aromatic rings. The van der Waals surface area contributed by atoms with Gasteiger partial charge in [-0.05, 0) is 62.4 Å². The van der Waals surface area contributed by atoms with Gasteiger partial charge in [0.05, 0.1) is 24.3 Å². The summed E-state index contributed by atoms with van der Waals surface area (Å²) in [6, 6.07) is 21.0. The maximum Gasteiger partial charge on any atom is 0.259 e. The lowest BCUT2D eigenvalue weighted by Gasteiger charge is -2.13. The fourth-order valence-electron chi connectivity index (χ4n) is 3.30. The average molecular weight is 493 g/mol. The van der Waals surface area contributed by atoms with E-state index in [1.165, 1.54) is 0 Å². The van der Waals surface area contributed by atoms with Gasteiger partial charge in [-0.1, -0.05) is 24.3 Å². The number of hydrogen-bond donors (Lipinski definition) is 2. The van der Waals surface area contributed by atoms with E-state index in [0.29, 0.717) is 73.6 Å². The number of carbonyl (C=O) groups is 2. The second kappa shape index (κ2) is 14.5. The minimum absolute atomic E-state index is 0.295. The molecule has 190 valence electrons. The standard InChI is InChI=1S/C28H32N2O6/c1-3-33-17-19-35-25-11-7-5-9-23(25)27(31)29-21-13-15-22(16-14-21)30-28(32)24-10-6-8-12-26(24)36-20-18-34-4-2/h5-16H,3-4,17-20H2,1-2H3,(H,29,31)(H,30,32). The van der Waals surface area contributed by atoms with Gasteiger partial charge in [0.15, 0.2) is 0 Å². The molecule has 0 radical (unpaired) electrons. The number of carbonyl (C=O) groups excluding carboxylic acids is 2. The number of ether oxygens (including phenoxy) is 4. The highest BCUT2D eigenvalue weighted by Crippen LogP contribution is 2.22. The fraction of sp³-hybridized carbons (Fsp3) is 0.286. The fourth-order valence-corrected chi connectivity index (χ4v) is 3.30. The van der Waals surface area contributed by atoms with Gasteiger partial charge in [-0.25, -0.2) is 0 Å². The average Bonchev–Trinajstić information content (AvgIpc) is 2.90. The number of nitrogens with one attached hydrogen (secondary N) is 2. The Morgan fingerprint density at radius 2 is 0.972 bits per heavy atom. The summed E-state index contributed by atoms with van der Waals surface area (Å²) in [7, 11) is 0. The van der Waals surface area contributed by atoms with Gasteiger partial charge in [0.2, 0.25) is 0 Å². The van der Waals surface area contributed by atoms with Crippen molar-refractivity contribution in [1.82, 2.24) is 0 Å². The van der Waals surface area contributed by atoms with E-state index in [1.807, 2.05) is 26.0 Å². The zero-order valence-electron chi connectivity index (χ0n) is 20.6. The van der Waals surface area contributed by atoms with Crippen molar-refractivity contribution < 1.29 is 28.5 Å². The smallest absolute Gasteiger partial charge is 0.259 e. The second-order valence-corrected chi connectivity index (χ2v) is 7.57. The van der Waals surface area contributed by atoms with E-state index >= 15 is 0 Å². The Morgan fingerprint density at radius 3 is 1.36 bits per heavy atom. The normalized spacial score (nSPS) is 10.5. The molecule has 0 saturated carbocycles. The molecule has 0 aliphatic rings. The lowest BCUT2D eigenvalue weighted by Crippen LogP contribution is -2.16. The Bertz CT molecular complexity index is 1030. The molecular formula is C28H32N2O6. The third-order valence-corrected chi connectivity index (χ3v) is 5.04. The lowest BCUT2D eigenvalue weighted by molar-refractivity contribution is 0.0991. The highest BCUT2D eigenvalue weighted by Gasteiger charge is 2.14. The summed E-state index contributed by atoms with van der Waals surface area (Å²) in [5.41, 5.74) is 2.02. The number of para-hydroxylation sites is 2. The lowest BCUT2D eigenvalue weighted by atomic mass is 10.1. The maximum absolute atomic E-state index is 12.8. The molecule has 0 heterocycles. The second-order valence-electron chi connectivity index (χ2n) is 7.57. The van der Waals surface area contributed by atoms with Gasteiger partial charge >= 0.3 is 0 Å². The molecule has 0 saturated heterocycles. The van der Waals surface area contributed by atoms with E-state index in [-0.39, 0.29) is 11.8 Å². The monoisotopic (exact) mass is 492 g/mol. The van der Waals surface area contributed by atoms with E-state index < -0.39 is 0 Å². The molecule has 8 nitrogen and oxygen atoms in total. The molecule has 3 aromatic carbocycles. The first-order valence-corrected chi connectivity index (χ1v) is 11.9. The van der Waals surface area contributed by atoms with Crippen molar-refractivity contribution >= 4 is 23.2 Å². The summed E-state index contributed by atoms with van der Waals surface area (Å²) in [5, 5.41) is 5.72. The van der Waals surface area contributed by atoms with Gasteiger partial charge < -0.3 is 29.6 Å². The Kier molecular flexibility index (Phi) is 10.8. The summed E-state index contributed by atoms with van der Waals surface area (Å²) in [6.45, 7) is 6.65. The largest absolute Gasteiger partial charge is 0.490 e. The van der Waals surface area contributed by atoms with Crippen LogP contribution in [0.4, 0.5) is 11.4 Å². The topological polar surface area (TPSA) is 95.1 Å². The summed E-state index contributed by atoms with van der Waals surface area (Å²) >= 11 is 0. The molecule has 0 bridgehead atoms. The molecule has 0 aromatic heterocycles. The predicted octanol–water partition coefficient (Wildman–Crippen LogP) is 5.02. The molecule has 0 aliphatic carbocycles. The Hall–Kier alpha value is -3.88. The number of hydrogen-bond acceptors (Lipinski definition) is 6. The van der Waals surface area contributed by atoms with Crippen LogP contribution in [0.15, 0.2) is 72.8 Å². The number of rotatable bonds is 14. The zero-order chi connectivity index (χ0) is 25.6. The molecule has 0 spiro atoms. The van der Waals surface area contributed by atoms with E-state index in [2.05, 4.69) is 10.6 Å². The van der Waals surface area contributed by atoms with Crippen LogP contribution < -0.4 is 20.1 Å². The maximum atomic E-state index is 12.8. The minimum Gasteiger partial charge on any atom is -0.490 e. The molecule has 0 fully saturated rings. The summed E-state index contributed by atoms with van der Waals surface area (Å²) in [4.78, 5) is 25.6. The van der Waals surface area contributed by atoms with Gasteiger partial charge in [-0.2, -0.15) is 0 Å². The highest BCUT2D eigenvalue weighted by atomic mass is 16.5. The first-order chi connectivity index (χ1) is 17.6. The number of anilines is 2. The van der Waals surface area contributed by atoms with Crippen molar-refractivity contribution in [3.8, 4) is 11.5 Å². The van der Waals surface area contributed by atoms with E-state index in [9.17, 15) is 9.59 Å². The van der Waals surface area contributed by atoms with E-state index in [0.717, 1.165) is 0 Å². The summed E-state index contributed by atoms with van der Waals surface area (Å²) in [6.07, 6.45) is 0. The van der Waals surface area contributed by atoms with Crippen molar-refractivity contribution in [3.63, 3.8) is 0 Å². The van der Waals surface area contributed by atoms with E-state index in [1.54, 1.807) is 60.7 Å². The number of amides is 2. The summed E-state index contributed by atoms with van der Waals surface area (Å²) in [5.74, 6) is 0.385. The van der Waals surface area contributed by atoms with Crippen LogP contribution in [0.25, 0.3) is 0 Å². The van der Waals surface area contributed by atoms with Gasteiger partial charge in [-0.3, -0.25) is 9.59 Å². The van der Waals surface area contributed by atoms with Gasteiger partial charge in [0.25, 0.3) is 11.8 Å². The quantitative estimate of drug-likeness (QED) is 0.307.